The lowest BCUT2D eigenvalue weighted by atomic mass is 10.0. The molecule has 1 heterocycles. The molecule has 1 aromatic carbocycles. The zero-order valence-corrected chi connectivity index (χ0v) is 12.6. The van der Waals surface area contributed by atoms with Gasteiger partial charge in [-0.1, -0.05) is 30.3 Å². The number of hydrogen-bond acceptors (Lipinski definition) is 3. The molecular weight excluding hydrogens is 284 g/mol. The van der Waals surface area contributed by atoms with Crippen LogP contribution in [0.3, 0.4) is 0 Å². The van der Waals surface area contributed by atoms with E-state index in [-0.39, 0.29) is 30.2 Å². The molecule has 0 aliphatic carbocycles. The van der Waals surface area contributed by atoms with Crippen LogP contribution in [-0.2, 0) is 15.8 Å². The van der Waals surface area contributed by atoms with Crippen LogP contribution in [0.15, 0.2) is 30.3 Å². The van der Waals surface area contributed by atoms with Crippen molar-refractivity contribution in [2.45, 2.75) is 37.6 Å². The van der Waals surface area contributed by atoms with Crippen LogP contribution in [0.25, 0.3) is 0 Å². The fraction of sp³-hybridized carbons (Fsp3) is 0.538. The van der Waals surface area contributed by atoms with Crippen LogP contribution in [0.4, 0.5) is 0 Å². The van der Waals surface area contributed by atoms with Gasteiger partial charge in [0, 0.05) is 12.1 Å². The first kappa shape index (κ1) is 16.4. The van der Waals surface area contributed by atoms with Crippen molar-refractivity contribution in [2.75, 3.05) is 6.54 Å². The Morgan fingerprint density at radius 1 is 1.32 bits per heavy atom. The van der Waals surface area contributed by atoms with Gasteiger partial charge in [-0.25, -0.2) is 13.1 Å². The van der Waals surface area contributed by atoms with Crippen molar-refractivity contribution in [2.24, 2.45) is 0 Å². The maximum Gasteiger partial charge on any atom is 0.216 e. The van der Waals surface area contributed by atoms with E-state index in [4.69, 9.17) is 0 Å². The van der Waals surface area contributed by atoms with Gasteiger partial charge in [-0.2, -0.15) is 0 Å². The number of benzene rings is 1. The number of hydrogen-bond donors (Lipinski definition) is 2. The van der Waals surface area contributed by atoms with Gasteiger partial charge in [0.05, 0.1) is 5.75 Å². The highest BCUT2D eigenvalue weighted by molar-refractivity contribution is 7.88. The summed E-state index contributed by atoms with van der Waals surface area (Å²) in [6.07, 6.45) is 1.92. The second-order valence-electron chi connectivity index (χ2n) is 4.85. The Bertz CT molecular complexity index is 479. The van der Waals surface area contributed by atoms with Crippen molar-refractivity contribution in [3.8, 4) is 0 Å². The smallest absolute Gasteiger partial charge is 0.216 e. The number of sulfonamides is 1. The molecule has 0 aromatic heterocycles. The Hall–Kier alpha value is -0.620. The Morgan fingerprint density at radius 3 is 2.63 bits per heavy atom. The summed E-state index contributed by atoms with van der Waals surface area (Å²) in [5.74, 6) is 0.0526. The molecule has 0 amide bonds. The van der Waals surface area contributed by atoms with Gasteiger partial charge >= 0.3 is 0 Å². The molecule has 6 heteroatoms. The summed E-state index contributed by atoms with van der Waals surface area (Å²) >= 11 is 0. The Kier molecular flexibility index (Phi) is 6.26. The molecular formula is C13H21ClN2O2S. The normalized spacial score (nSPS) is 23.6. The largest absolute Gasteiger partial charge is 0.313 e. The standard InChI is InChI=1S/C13H20N2O2S.ClH/c1-11-13(8-5-9-14-11)15-18(16,17)10-12-6-3-2-4-7-12;/h2-4,6-7,11,13-15H,5,8-10H2,1H3;1H. The van der Waals surface area contributed by atoms with Crippen molar-refractivity contribution in [1.29, 1.82) is 0 Å². The first-order chi connectivity index (χ1) is 8.57. The molecule has 2 atom stereocenters. The minimum Gasteiger partial charge on any atom is -0.313 e. The molecule has 0 saturated carbocycles. The van der Waals surface area contributed by atoms with Crippen LogP contribution in [-0.4, -0.2) is 27.0 Å². The monoisotopic (exact) mass is 304 g/mol. The fourth-order valence-corrected chi connectivity index (χ4v) is 3.77. The average Bonchev–Trinajstić information content (AvgIpc) is 2.32. The van der Waals surface area contributed by atoms with E-state index in [1.807, 2.05) is 37.3 Å². The van der Waals surface area contributed by atoms with Crippen LogP contribution in [0, 0.1) is 0 Å². The maximum atomic E-state index is 12.1. The third-order valence-electron chi connectivity index (χ3n) is 3.29. The molecule has 1 fully saturated rings. The zero-order valence-electron chi connectivity index (χ0n) is 11.0. The van der Waals surface area contributed by atoms with E-state index < -0.39 is 10.0 Å². The summed E-state index contributed by atoms with van der Waals surface area (Å²) in [6, 6.07) is 9.47. The van der Waals surface area contributed by atoms with Gasteiger partial charge < -0.3 is 5.32 Å². The number of piperidine rings is 1. The molecule has 0 bridgehead atoms. The molecule has 108 valence electrons. The van der Waals surface area contributed by atoms with E-state index in [1.165, 1.54) is 0 Å². The predicted octanol–water partition coefficient (Wildman–Crippen LogP) is 1.67. The quantitative estimate of drug-likeness (QED) is 0.889. The molecule has 4 nitrogen and oxygen atoms in total. The minimum atomic E-state index is -3.26. The second-order valence-corrected chi connectivity index (χ2v) is 6.61. The third kappa shape index (κ3) is 5.10. The summed E-state index contributed by atoms with van der Waals surface area (Å²) in [5, 5.41) is 3.29. The van der Waals surface area contributed by atoms with Crippen molar-refractivity contribution >= 4 is 22.4 Å². The zero-order chi connectivity index (χ0) is 13.0. The number of rotatable bonds is 4. The van der Waals surface area contributed by atoms with Crippen molar-refractivity contribution < 1.29 is 8.42 Å². The van der Waals surface area contributed by atoms with Gasteiger partial charge in [-0.3, -0.25) is 0 Å². The summed E-state index contributed by atoms with van der Waals surface area (Å²) in [5.41, 5.74) is 0.821. The fourth-order valence-electron chi connectivity index (χ4n) is 2.27. The molecule has 2 unspecified atom stereocenters. The van der Waals surface area contributed by atoms with Gasteiger partial charge in [-0.15, -0.1) is 12.4 Å². The lowest BCUT2D eigenvalue weighted by Crippen LogP contribution is -2.52. The van der Waals surface area contributed by atoms with Gasteiger partial charge in [0.2, 0.25) is 10.0 Å². The predicted molar refractivity (Wildman–Crippen MR) is 79.9 cm³/mol. The molecule has 0 spiro atoms. The van der Waals surface area contributed by atoms with E-state index in [0.717, 1.165) is 24.9 Å². The van der Waals surface area contributed by atoms with Crippen LogP contribution < -0.4 is 10.0 Å². The maximum absolute atomic E-state index is 12.1. The van der Waals surface area contributed by atoms with Crippen LogP contribution in [0.2, 0.25) is 0 Å². The van der Waals surface area contributed by atoms with E-state index in [0.29, 0.717) is 0 Å². The Morgan fingerprint density at radius 2 is 2.00 bits per heavy atom. The van der Waals surface area contributed by atoms with E-state index in [1.54, 1.807) is 0 Å². The van der Waals surface area contributed by atoms with E-state index in [2.05, 4.69) is 10.0 Å². The summed E-state index contributed by atoms with van der Waals surface area (Å²) in [4.78, 5) is 0. The van der Waals surface area contributed by atoms with Crippen LogP contribution in [0.5, 0.6) is 0 Å². The lowest BCUT2D eigenvalue weighted by molar-refractivity contribution is 0.348. The second kappa shape index (κ2) is 7.24. The van der Waals surface area contributed by atoms with Crippen molar-refractivity contribution in [1.82, 2.24) is 10.0 Å². The highest BCUT2D eigenvalue weighted by atomic mass is 35.5. The Balaban J connectivity index is 0.00000180. The molecule has 2 N–H and O–H groups in total. The summed E-state index contributed by atoms with van der Waals surface area (Å²) < 4.78 is 27.0. The first-order valence-electron chi connectivity index (χ1n) is 6.34. The van der Waals surface area contributed by atoms with Gasteiger partial charge in [0.15, 0.2) is 0 Å². The molecule has 0 radical (unpaired) electrons. The summed E-state index contributed by atoms with van der Waals surface area (Å²) in [7, 11) is -3.26. The highest BCUT2D eigenvalue weighted by Crippen LogP contribution is 2.11. The van der Waals surface area contributed by atoms with Crippen LogP contribution in [0.1, 0.15) is 25.3 Å². The molecule has 19 heavy (non-hydrogen) atoms. The topological polar surface area (TPSA) is 58.2 Å². The van der Waals surface area contributed by atoms with Gasteiger partial charge in [0.1, 0.15) is 0 Å². The van der Waals surface area contributed by atoms with Gasteiger partial charge in [0.25, 0.3) is 0 Å². The average molecular weight is 305 g/mol. The third-order valence-corrected chi connectivity index (χ3v) is 4.67. The number of nitrogens with one attached hydrogen (secondary N) is 2. The first-order valence-corrected chi connectivity index (χ1v) is 7.99. The number of halogens is 1. The minimum absolute atomic E-state index is 0. The highest BCUT2D eigenvalue weighted by Gasteiger charge is 2.25. The molecule has 1 aromatic rings. The Labute approximate surface area is 121 Å². The molecule has 1 aliphatic rings. The van der Waals surface area contributed by atoms with Crippen LogP contribution >= 0.6 is 12.4 Å². The van der Waals surface area contributed by atoms with Crippen molar-refractivity contribution in [3.63, 3.8) is 0 Å². The van der Waals surface area contributed by atoms with Gasteiger partial charge in [-0.05, 0) is 31.9 Å². The summed E-state index contributed by atoms with van der Waals surface area (Å²) in [6.45, 7) is 2.99. The van der Waals surface area contributed by atoms with E-state index >= 15 is 0 Å². The molecule has 2 rings (SSSR count). The molecule has 1 saturated heterocycles. The lowest BCUT2D eigenvalue weighted by Gasteiger charge is -2.30. The SMILES string of the molecule is CC1NCCCC1NS(=O)(=O)Cc1ccccc1.Cl. The van der Waals surface area contributed by atoms with Crippen molar-refractivity contribution in [3.05, 3.63) is 35.9 Å². The molecule has 1 aliphatic heterocycles. The van der Waals surface area contributed by atoms with E-state index in [9.17, 15) is 8.42 Å².